The first-order valence-electron chi connectivity index (χ1n) is 29.4. The Labute approximate surface area is 447 Å². The van der Waals surface area contributed by atoms with Gasteiger partial charge >= 0.3 is 5.97 Å². The van der Waals surface area contributed by atoms with Crippen LogP contribution in [0.1, 0.15) is 213 Å². The summed E-state index contributed by atoms with van der Waals surface area (Å²) in [6.45, 7) is 3.57. The second-order valence-corrected chi connectivity index (χ2v) is 20.4. The maximum atomic E-state index is 13.1. The Hall–Kier alpha value is -2.31. The molecular formula is C60H106O14. The van der Waals surface area contributed by atoms with Crippen LogP contribution in [0.2, 0.25) is 0 Å². The smallest absolute Gasteiger partial charge is 0.306 e. The summed E-state index contributed by atoms with van der Waals surface area (Å²) in [6.07, 6.45) is 41.3. The van der Waals surface area contributed by atoms with Gasteiger partial charge in [-0.25, -0.2) is 0 Å². The van der Waals surface area contributed by atoms with Gasteiger partial charge in [0.25, 0.3) is 0 Å². The van der Waals surface area contributed by atoms with Crippen molar-refractivity contribution in [2.45, 2.75) is 280 Å². The molecule has 0 amide bonds. The van der Waals surface area contributed by atoms with Crippen LogP contribution in [0.25, 0.3) is 0 Å². The van der Waals surface area contributed by atoms with E-state index in [9.17, 15) is 40.5 Å². The summed E-state index contributed by atoms with van der Waals surface area (Å²) < 4.78 is 34.4. The van der Waals surface area contributed by atoms with Crippen LogP contribution >= 0.6 is 0 Å². The van der Waals surface area contributed by atoms with E-state index in [1.165, 1.54) is 116 Å². The molecule has 2 aliphatic heterocycles. The summed E-state index contributed by atoms with van der Waals surface area (Å²) in [5.41, 5.74) is 0. The Bertz CT molecular complexity index is 1450. The van der Waals surface area contributed by atoms with E-state index in [1.54, 1.807) is 0 Å². The van der Waals surface area contributed by atoms with Gasteiger partial charge in [-0.2, -0.15) is 0 Å². The van der Waals surface area contributed by atoms with Gasteiger partial charge in [0, 0.05) is 13.0 Å². The molecule has 74 heavy (non-hydrogen) atoms. The normalized spacial score (nSPS) is 25.2. The number of ether oxygens (including phenoxy) is 6. The highest BCUT2D eigenvalue weighted by molar-refractivity contribution is 5.69. The van der Waals surface area contributed by atoms with Gasteiger partial charge < -0.3 is 64.2 Å². The highest BCUT2D eigenvalue weighted by Crippen LogP contribution is 2.27. The first-order chi connectivity index (χ1) is 36.1. The number of hydrogen-bond donors (Lipinski definition) is 7. The Balaban J connectivity index is 1.72. The molecule has 0 aromatic rings. The summed E-state index contributed by atoms with van der Waals surface area (Å²) >= 11 is 0. The molecule has 11 unspecified atom stereocenters. The van der Waals surface area contributed by atoms with Crippen LogP contribution in [-0.4, -0.2) is 142 Å². The quantitative estimate of drug-likeness (QED) is 0.0172. The lowest BCUT2D eigenvalue weighted by atomic mass is 9.98. The number of allylic oxidation sites excluding steroid dienone is 10. The van der Waals surface area contributed by atoms with Crippen molar-refractivity contribution in [3.8, 4) is 0 Å². The molecule has 14 heteroatoms. The number of aliphatic hydroxyl groups is 7. The molecule has 11 atom stereocenters. The molecule has 0 aliphatic carbocycles. The summed E-state index contributed by atoms with van der Waals surface area (Å²) in [5.74, 6) is -0.385. The lowest BCUT2D eigenvalue weighted by Crippen LogP contribution is -2.61. The number of carbonyl (C=O) groups excluding carboxylic acids is 1. The lowest BCUT2D eigenvalue weighted by Gasteiger charge is -2.42. The van der Waals surface area contributed by atoms with E-state index in [2.05, 4.69) is 74.6 Å². The van der Waals surface area contributed by atoms with Crippen LogP contribution in [0.4, 0.5) is 0 Å². The SMILES string of the molecule is CC/C=C\C/C=C\C/C=C\C/C=C\CCCCCCCCCCC(=O)OC(COCCCCCCCCCC/C=C\CCCCCCCCC)COC1OC(COC2OC(CO)C(O)C(O)C2O)C(O)C(O)C1O. The van der Waals surface area contributed by atoms with Crippen LogP contribution in [0.15, 0.2) is 60.8 Å². The van der Waals surface area contributed by atoms with E-state index >= 15 is 0 Å². The molecule has 430 valence electrons. The van der Waals surface area contributed by atoms with Crippen molar-refractivity contribution in [3.63, 3.8) is 0 Å². The van der Waals surface area contributed by atoms with E-state index in [0.717, 1.165) is 70.6 Å². The monoisotopic (exact) mass is 1050 g/mol. The molecule has 0 radical (unpaired) electrons. The molecule has 2 heterocycles. The zero-order chi connectivity index (χ0) is 53.7. The average Bonchev–Trinajstić information content (AvgIpc) is 3.40. The van der Waals surface area contributed by atoms with Crippen molar-refractivity contribution in [2.24, 2.45) is 0 Å². The van der Waals surface area contributed by atoms with Gasteiger partial charge in [0.05, 0.1) is 26.4 Å². The van der Waals surface area contributed by atoms with Crippen molar-refractivity contribution < 1.29 is 69.0 Å². The molecule has 0 aromatic carbocycles. The zero-order valence-electron chi connectivity index (χ0n) is 46.1. The lowest BCUT2D eigenvalue weighted by molar-refractivity contribution is -0.332. The molecule has 14 nitrogen and oxygen atoms in total. The summed E-state index contributed by atoms with van der Waals surface area (Å²) in [7, 11) is 0. The first-order valence-corrected chi connectivity index (χ1v) is 29.4. The van der Waals surface area contributed by atoms with Crippen molar-refractivity contribution >= 4 is 5.97 Å². The number of unbranched alkanes of at least 4 members (excludes halogenated alkanes) is 23. The molecular weight excluding hydrogens is 945 g/mol. The van der Waals surface area contributed by atoms with Gasteiger partial charge in [-0.3, -0.25) is 4.79 Å². The maximum Gasteiger partial charge on any atom is 0.306 e. The molecule has 2 fully saturated rings. The van der Waals surface area contributed by atoms with Crippen LogP contribution in [-0.2, 0) is 33.2 Å². The van der Waals surface area contributed by atoms with Crippen LogP contribution in [0.5, 0.6) is 0 Å². The molecule has 7 N–H and O–H groups in total. The van der Waals surface area contributed by atoms with Gasteiger partial charge in [-0.15, -0.1) is 0 Å². The van der Waals surface area contributed by atoms with Crippen LogP contribution in [0, 0.1) is 0 Å². The number of rotatable bonds is 47. The van der Waals surface area contributed by atoms with Crippen molar-refractivity contribution in [2.75, 3.05) is 33.0 Å². The van der Waals surface area contributed by atoms with Crippen LogP contribution in [0.3, 0.4) is 0 Å². The topological polar surface area (TPSA) is 214 Å². The highest BCUT2D eigenvalue weighted by atomic mass is 16.7. The Morgan fingerprint density at radius 3 is 1.39 bits per heavy atom. The zero-order valence-corrected chi connectivity index (χ0v) is 46.1. The molecule has 2 aliphatic rings. The second kappa shape index (κ2) is 46.8. The third-order valence-electron chi connectivity index (χ3n) is 13.8. The predicted octanol–water partition coefficient (Wildman–Crippen LogP) is 10.5. The maximum absolute atomic E-state index is 13.1. The molecule has 0 aromatic heterocycles. The largest absolute Gasteiger partial charge is 0.457 e. The van der Waals surface area contributed by atoms with Gasteiger partial charge in [-0.1, -0.05) is 190 Å². The average molecular weight is 1050 g/mol. The van der Waals surface area contributed by atoms with Gasteiger partial charge in [0.2, 0.25) is 0 Å². The summed E-state index contributed by atoms with van der Waals surface area (Å²) in [4.78, 5) is 13.1. The molecule has 0 spiro atoms. The Morgan fingerprint density at radius 1 is 0.459 bits per heavy atom. The minimum atomic E-state index is -1.71. The van der Waals surface area contributed by atoms with E-state index in [0.29, 0.717) is 13.0 Å². The molecule has 2 saturated heterocycles. The van der Waals surface area contributed by atoms with Crippen molar-refractivity contribution in [1.82, 2.24) is 0 Å². The number of hydrogen-bond acceptors (Lipinski definition) is 14. The molecule has 0 bridgehead atoms. The summed E-state index contributed by atoms with van der Waals surface area (Å²) in [5, 5.41) is 72.4. The van der Waals surface area contributed by atoms with Crippen molar-refractivity contribution in [3.05, 3.63) is 60.8 Å². The highest BCUT2D eigenvalue weighted by Gasteiger charge is 2.47. The van der Waals surface area contributed by atoms with E-state index < -0.39 is 80.7 Å². The second-order valence-electron chi connectivity index (χ2n) is 20.4. The Kier molecular flexibility index (Phi) is 42.8. The van der Waals surface area contributed by atoms with E-state index in [1.807, 2.05) is 0 Å². The standard InChI is InChI=1S/C60H106O14/c1-3-5-7-9-11-13-15-17-19-21-23-24-25-27-29-31-33-35-37-39-41-43-52(62)72-49(46-69-44-42-40-38-36-34-32-30-28-26-22-20-18-16-14-12-10-8-6-4-2)47-70-59-58(68)56(66)54(64)51(74-59)48-71-60-57(67)55(65)53(63)50(45-61)73-60/h5,7,11,13,17,19-20,22-24,49-51,53-61,63-68H,3-4,6,8-10,12,14-16,18,21,25-48H2,1-2H3/b7-5-,13-11-,19-17-,22-20-,24-23-. The summed E-state index contributed by atoms with van der Waals surface area (Å²) in [6, 6.07) is 0. The number of esters is 1. The van der Waals surface area contributed by atoms with E-state index in [4.69, 9.17) is 28.4 Å². The third kappa shape index (κ3) is 33.1. The molecule has 0 saturated carbocycles. The fraction of sp³-hybridized carbons (Fsp3) is 0.817. The number of aliphatic hydroxyl groups excluding tert-OH is 7. The third-order valence-corrected chi connectivity index (χ3v) is 13.8. The first kappa shape index (κ1) is 67.8. The predicted molar refractivity (Wildman–Crippen MR) is 293 cm³/mol. The van der Waals surface area contributed by atoms with Gasteiger partial charge in [0.15, 0.2) is 12.6 Å². The fourth-order valence-corrected chi connectivity index (χ4v) is 9.04. The molecule has 2 rings (SSSR count). The van der Waals surface area contributed by atoms with Gasteiger partial charge in [0.1, 0.15) is 54.9 Å². The van der Waals surface area contributed by atoms with Gasteiger partial charge in [-0.05, 0) is 77.0 Å². The van der Waals surface area contributed by atoms with E-state index in [-0.39, 0.29) is 25.6 Å². The number of carbonyl (C=O) groups is 1. The van der Waals surface area contributed by atoms with Crippen molar-refractivity contribution in [1.29, 1.82) is 0 Å². The minimum Gasteiger partial charge on any atom is -0.457 e. The fourth-order valence-electron chi connectivity index (χ4n) is 9.04. The Morgan fingerprint density at radius 2 is 0.878 bits per heavy atom. The minimum absolute atomic E-state index is 0.0547. The van der Waals surface area contributed by atoms with Crippen LogP contribution < -0.4 is 0 Å².